The number of rotatable bonds is 4. The highest BCUT2D eigenvalue weighted by Gasteiger charge is 2.39. The molecule has 0 bridgehead atoms. The van der Waals surface area contributed by atoms with Gasteiger partial charge in [0.25, 0.3) is 5.91 Å². The highest BCUT2D eigenvalue weighted by molar-refractivity contribution is 6.30. The Bertz CT molecular complexity index is 750. The molecule has 0 radical (unpaired) electrons. The summed E-state index contributed by atoms with van der Waals surface area (Å²) in [7, 11) is 0. The van der Waals surface area contributed by atoms with Crippen LogP contribution in [0, 0.1) is 0 Å². The van der Waals surface area contributed by atoms with Gasteiger partial charge in [0.1, 0.15) is 5.54 Å². The van der Waals surface area contributed by atoms with Crippen molar-refractivity contribution in [1.82, 2.24) is 20.3 Å². The first kappa shape index (κ1) is 16.4. The zero-order valence-electron chi connectivity index (χ0n) is 13.0. The van der Waals surface area contributed by atoms with Crippen molar-refractivity contribution in [2.24, 2.45) is 5.73 Å². The number of nitrogens with one attached hydrogen (secondary N) is 1. The summed E-state index contributed by atoms with van der Waals surface area (Å²) in [5.41, 5.74) is 5.36. The van der Waals surface area contributed by atoms with Crippen molar-refractivity contribution in [3.05, 3.63) is 41.2 Å². The second kappa shape index (κ2) is 6.60. The summed E-state index contributed by atoms with van der Waals surface area (Å²) >= 11 is 5.85. The minimum absolute atomic E-state index is 0.135. The Hall–Kier alpha value is -2.41. The summed E-state index contributed by atoms with van der Waals surface area (Å²) in [6.07, 6.45) is 5.24. The molecular weight excluding hydrogens is 330 g/mol. The molecule has 24 heavy (non-hydrogen) atoms. The Kier molecular flexibility index (Phi) is 4.53. The number of hydrogen-bond acceptors (Lipinski definition) is 4. The lowest BCUT2D eigenvalue weighted by atomic mass is 9.81. The number of primary amides is 1. The third-order valence-electron chi connectivity index (χ3n) is 4.31. The van der Waals surface area contributed by atoms with E-state index in [1.165, 1.54) is 11.0 Å². The molecule has 0 unspecified atom stereocenters. The van der Waals surface area contributed by atoms with Crippen LogP contribution in [0.2, 0.25) is 5.02 Å². The second-order valence-electron chi connectivity index (χ2n) is 5.96. The number of halogens is 1. The van der Waals surface area contributed by atoms with Gasteiger partial charge in [-0.25, -0.2) is 0 Å². The van der Waals surface area contributed by atoms with Crippen molar-refractivity contribution in [1.29, 1.82) is 0 Å². The second-order valence-corrected chi connectivity index (χ2v) is 6.39. The minimum Gasteiger partial charge on any atom is -0.368 e. The van der Waals surface area contributed by atoms with Gasteiger partial charge in [-0.05, 0) is 37.1 Å². The first-order valence-electron chi connectivity index (χ1n) is 7.81. The van der Waals surface area contributed by atoms with Crippen molar-refractivity contribution in [2.45, 2.75) is 37.6 Å². The van der Waals surface area contributed by atoms with Gasteiger partial charge in [0.05, 0.1) is 11.9 Å². The van der Waals surface area contributed by atoms with Gasteiger partial charge in [-0.15, -0.1) is 5.10 Å². The molecule has 1 aliphatic rings. The predicted molar refractivity (Wildman–Crippen MR) is 88.8 cm³/mol. The van der Waals surface area contributed by atoms with Crippen LogP contribution in [0.3, 0.4) is 0 Å². The van der Waals surface area contributed by atoms with Gasteiger partial charge in [-0.1, -0.05) is 30.9 Å². The third-order valence-corrected chi connectivity index (χ3v) is 4.57. The van der Waals surface area contributed by atoms with Gasteiger partial charge in [-0.3, -0.25) is 9.59 Å². The van der Waals surface area contributed by atoms with E-state index in [0.29, 0.717) is 23.6 Å². The van der Waals surface area contributed by atoms with Crippen molar-refractivity contribution >= 4 is 23.4 Å². The number of nitrogens with two attached hydrogens (primary N) is 1. The van der Waals surface area contributed by atoms with Crippen LogP contribution in [-0.2, 0) is 4.79 Å². The molecule has 1 aromatic heterocycles. The van der Waals surface area contributed by atoms with Crippen molar-refractivity contribution in [3.63, 3.8) is 0 Å². The van der Waals surface area contributed by atoms with Crippen LogP contribution in [0.1, 0.15) is 42.6 Å². The Morgan fingerprint density at radius 2 is 1.83 bits per heavy atom. The lowest BCUT2D eigenvalue weighted by Crippen LogP contribution is -2.58. The fourth-order valence-electron chi connectivity index (χ4n) is 2.94. The Balaban J connectivity index is 1.78. The number of nitrogens with zero attached hydrogens (tertiary/aromatic N) is 3. The van der Waals surface area contributed by atoms with E-state index in [-0.39, 0.29) is 5.69 Å². The molecular formula is C16H18ClN5O2. The van der Waals surface area contributed by atoms with E-state index in [1.807, 2.05) is 0 Å². The van der Waals surface area contributed by atoms with E-state index >= 15 is 0 Å². The maximum atomic E-state index is 12.5. The Morgan fingerprint density at radius 1 is 1.17 bits per heavy atom. The number of aromatic nitrogens is 3. The van der Waals surface area contributed by atoms with Crippen molar-refractivity contribution in [3.8, 4) is 5.69 Å². The molecule has 1 aromatic carbocycles. The zero-order chi connectivity index (χ0) is 17.2. The first-order valence-corrected chi connectivity index (χ1v) is 8.19. The SMILES string of the molecule is NC(=O)C1(NC(=O)c2cnn(-c3ccc(Cl)cc3)n2)CCCCC1. The summed E-state index contributed by atoms with van der Waals surface area (Å²) in [6, 6.07) is 6.92. The van der Waals surface area contributed by atoms with Gasteiger partial charge >= 0.3 is 0 Å². The van der Waals surface area contributed by atoms with Gasteiger partial charge in [-0.2, -0.15) is 9.90 Å². The van der Waals surface area contributed by atoms with Crippen molar-refractivity contribution < 1.29 is 9.59 Å². The Labute approximate surface area is 144 Å². The van der Waals surface area contributed by atoms with Crippen LogP contribution in [-0.4, -0.2) is 32.3 Å². The van der Waals surface area contributed by atoms with E-state index in [0.717, 1.165) is 19.3 Å². The smallest absolute Gasteiger partial charge is 0.274 e. The molecule has 3 N–H and O–H groups in total. The summed E-state index contributed by atoms with van der Waals surface area (Å²) in [5, 5.41) is 11.6. The molecule has 7 nitrogen and oxygen atoms in total. The number of carbonyl (C=O) groups excluding carboxylic acids is 2. The minimum atomic E-state index is -0.987. The van der Waals surface area contributed by atoms with Crippen LogP contribution in [0.5, 0.6) is 0 Å². The largest absolute Gasteiger partial charge is 0.368 e. The van der Waals surface area contributed by atoms with Crippen LogP contribution in [0.15, 0.2) is 30.5 Å². The van der Waals surface area contributed by atoms with E-state index in [1.54, 1.807) is 24.3 Å². The predicted octanol–water partition coefficient (Wildman–Crippen LogP) is 1.84. The van der Waals surface area contributed by atoms with Crippen LogP contribution in [0.25, 0.3) is 5.69 Å². The molecule has 8 heteroatoms. The lowest BCUT2D eigenvalue weighted by molar-refractivity contribution is -0.125. The molecule has 3 rings (SSSR count). The van der Waals surface area contributed by atoms with Crippen LogP contribution in [0.4, 0.5) is 0 Å². The number of benzene rings is 1. The molecule has 2 amide bonds. The Morgan fingerprint density at radius 3 is 2.46 bits per heavy atom. The van der Waals surface area contributed by atoms with Gasteiger partial charge in [0.15, 0.2) is 5.69 Å². The van der Waals surface area contributed by atoms with Crippen molar-refractivity contribution in [2.75, 3.05) is 0 Å². The highest BCUT2D eigenvalue weighted by atomic mass is 35.5. The van der Waals surface area contributed by atoms with Crippen LogP contribution < -0.4 is 11.1 Å². The average molecular weight is 348 g/mol. The molecule has 1 aliphatic carbocycles. The molecule has 0 saturated heterocycles. The summed E-state index contributed by atoms with van der Waals surface area (Å²) in [4.78, 5) is 25.7. The fraction of sp³-hybridized carbons (Fsp3) is 0.375. The molecule has 0 spiro atoms. The number of amides is 2. The molecule has 1 saturated carbocycles. The summed E-state index contributed by atoms with van der Waals surface area (Å²) < 4.78 is 0. The average Bonchev–Trinajstić information content (AvgIpc) is 3.06. The zero-order valence-corrected chi connectivity index (χ0v) is 13.8. The fourth-order valence-corrected chi connectivity index (χ4v) is 3.06. The third kappa shape index (κ3) is 3.26. The molecule has 1 heterocycles. The topological polar surface area (TPSA) is 103 Å². The maximum Gasteiger partial charge on any atom is 0.274 e. The van der Waals surface area contributed by atoms with E-state index in [2.05, 4.69) is 15.5 Å². The molecule has 126 valence electrons. The summed E-state index contributed by atoms with van der Waals surface area (Å²) in [5.74, 6) is -0.948. The lowest BCUT2D eigenvalue weighted by Gasteiger charge is -2.34. The number of carbonyl (C=O) groups is 2. The van der Waals surface area contributed by atoms with E-state index in [4.69, 9.17) is 17.3 Å². The number of hydrogen-bond donors (Lipinski definition) is 2. The molecule has 0 atom stereocenters. The van der Waals surface area contributed by atoms with E-state index < -0.39 is 17.4 Å². The van der Waals surface area contributed by atoms with Gasteiger partial charge < -0.3 is 11.1 Å². The van der Waals surface area contributed by atoms with Gasteiger partial charge in [0, 0.05) is 5.02 Å². The standard InChI is InChI=1S/C16H18ClN5O2/c17-11-4-6-12(7-5-11)22-19-10-13(21-22)14(23)20-16(15(18)24)8-2-1-3-9-16/h4-7,10H,1-3,8-9H2,(H2,18,24)(H,20,23). The quantitative estimate of drug-likeness (QED) is 0.880. The monoisotopic (exact) mass is 347 g/mol. The van der Waals surface area contributed by atoms with Crippen LogP contribution >= 0.6 is 11.6 Å². The highest BCUT2D eigenvalue weighted by Crippen LogP contribution is 2.28. The van der Waals surface area contributed by atoms with E-state index in [9.17, 15) is 9.59 Å². The molecule has 1 fully saturated rings. The normalized spacial score (nSPS) is 16.5. The maximum absolute atomic E-state index is 12.5. The van der Waals surface area contributed by atoms with Gasteiger partial charge in [0.2, 0.25) is 5.91 Å². The molecule has 0 aliphatic heterocycles. The molecule has 2 aromatic rings. The summed E-state index contributed by atoms with van der Waals surface area (Å²) in [6.45, 7) is 0. The first-order chi connectivity index (χ1) is 11.5.